The van der Waals surface area contributed by atoms with Gasteiger partial charge in [-0.1, -0.05) is 42.5 Å². The van der Waals surface area contributed by atoms with Gasteiger partial charge in [0, 0.05) is 30.9 Å². The molecular weight excluding hydrogens is 438 g/mol. The Balaban J connectivity index is 1.26. The van der Waals surface area contributed by atoms with Crippen molar-refractivity contribution in [3.8, 4) is 16.9 Å². The van der Waals surface area contributed by atoms with Gasteiger partial charge in [0.15, 0.2) is 0 Å². The molecule has 0 saturated carbocycles. The lowest BCUT2D eigenvalue weighted by atomic mass is 10.0. The van der Waals surface area contributed by atoms with E-state index in [2.05, 4.69) is 39.9 Å². The molecular formula is C29H25N3O3. The smallest absolute Gasteiger partial charge is 0.255 e. The Morgan fingerprint density at radius 2 is 1.69 bits per heavy atom. The van der Waals surface area contributed by atoms with Gasteiger partial charge in [-0.2, -0.15) is 0 Å². The van der Waals surface area contributed by atoms with Crippen molar-refractivity contribution in [2.75, 3.05) is 11.9 Å². The van der Waals surface area contributed by atoms with E-state index in [1.165, 1.54) is 5.56 Å². The van der Waals surface area contributed by atoms with Gasteiger partial charge in [-0.05, 0) is 65.1 Å². The van der Waals surface area contributed by atoms with Crippen molar-refractivity contribution in [3.05, 3.63) is 113 Å². The number of hydrogen-bond donors (Lipinski definition) is 2. The van der Waals surface area contributed by atoms with E-state index in [0.29, 0.717) is 23.4 Å². The predicted molar refractivity (Wildman–Crippen MR) is 136 cm³/mol. The summed E-state index contributed by atoms with van der Waals surface area (Å²) in [5, 5.41) is 5.85. The van der Waals surface area contributed by atoms with Crippen LogP contribution in [-0.4, -0.2) is 23.4 Å². The zero-order valence-electron chi connectivity index (χ0n) is 19.4. The number of para-hydroxylation sites is 1. The summed E-state index contributed by atoms with van der Waals surface area (Å²) in [6.45, 7) is 2.99. The van der Waals surface area contributed by atoms with E-state index in [-0.39, 0.29) is 11.8 Å². The van der Waals surface area contributed by atoms with E-state index in [0.717, 1.165) is 41.0 Å². The molecule has 1 aliphatic heterocycles. The van der Waals surface area contributed by atoms with Crippen LogP contribution in [-0.2, 0) is 13.0 Å². The van der Waals surface area contributed by atoms with Gasteiger partial charge in [0.25, 0.3) is 11.8 Å². The molecule has 5 rings (SSSR count). The number of amides is 2. The van der Waals surface area contributed by atoms with Gasteiger partial charge in [-0.25, -0.2) is 0 Å². The number of fused-ring (bicyclic) bond motifs is 1. The van der Waals surface area contributed by atoms with Crippen molar-refractivity contribution in [1.82, 2.24) is 10.3 Å². The normalized spacial score (nSPS) is 11.9. The van der Waals surface area contributed by atoms with Crippen LogP contribution in [0.2, 0.25) is 0 Å². The number of rotatable bonds is 6. The molecule has 2 N–H and O–H groups in total. The number of hydrogen-bond acceptors (Lipinski definition) is 4. The monoisotopic (exact) mass is 463 g/mol. The number of aromatic nitrogens is 1. The summed E-state index contributed by atoms with van der Waals surface area (Å²) in [7, 11) is 0. The number of carbonyl (C=O) groups is 2. The van der Waals surface area contributed by atoms with E-state index in [1.54, 1.807) is 30.6 Å². The average molecular weight is 464 g/mol. The Morgan fingerprint density at radius 1 is 0.914 bits per heavy atom. The summed E-state index contributed by atoms with van der Waals surface area (Å²) < 4.78 is 5.59. The first kappa shape index (κ1) is 22.3. The minimum atomic E-state index is -0.288. The molecule has 0 radical (unpaired) electrons. The fourth-order valence-electron chi connectivity index (χ4n) is 4.17. The van der Waals surface area contributed by atoms with Gasteiger partial charge < -0.3 is 15.4 Å². The molecule has 0 unspecified atom stereocenters. The molecule has 0 atom stereocenters. The Labute approximate surface area is 204 Å². The molecule has 3 aromatic carbocycles. The Kier molecular flexibility index (Phi) is 6.26. The standard InChI is InChI=1S/C29H25N3O3/c1-19-3-2-4-25(27(19)32-28(33)22-11-14-30-15-12-22)29(34)31-18-20-5-7-21(8-6-20)23-9-10-26-24(17-23)13-16-35-26/h2-12,14-15,17H,13,16,18H2,1H3,(H,31,34)(H,32,33). The van der Waals surface area contributed by atoms with Crippen LogP contribution in [0.25, 0.3) is 11.1 Å². The molecule has 35 heavy (non-hydrogen) atoms. The maximum Gasteiger partial charge on any atom is 0.255 e. The summed E-state index contributed by atoms with van der Waals surface area (Å²) in [6, 6.07) is 23.1. The number of benzene rings is 3. The summed E-state index contributed by atoms with van der Waals surface area (Å²) in [5.74, 6) is 0.437. The van der Waals surface area contributed by atoms with Crippen molar-refractivity contribution in [2.24, 2.45) is 0 Å². The van der Waals surface area contributed by atoms with Crippen molar-refractivity contribution in [2.45, 2.75) is 19.9 Å². The van der Waals surface area contributed by atoms with Crippen LogP contribution < -0.4 is 15.4 Å². The number of ether oxygens (including phenoxy) is 1. The van der Waals surface area contributed by atoms with Crippen LogP contribution >= 0.6 is 0 Å². The second-order valence-corrected chi connectivity index (χ2v) is 8.49. The first-order chi connectivity index (χ1) is 17.1. The highest BCUT2D eigenvalue weighted by molar-refractivity contribution is 6.09. The third kappa shape index (κ3) is 4.92. The highest BCUT2D eigenvalue weighted by Crippen LogP contribution is 2.30. The number of nitrogens with one attached hydrogen (secondary N) is 2. The Hall–Kier alpha value is -4.45. The third-order valence-corrected chi connectivity index (χ3v) is 6.13. The second kappa shape index (κ2) is 9.81. The Bertz CT molecular complexity index is 1380. The fourth-order valence-corrected chi connectivity index (χ4v) is 4.17. The van der Waals surface area contributed by atoms with Gasteiger partial charge >= 0.3 is 0 Å². The van der Waals surface area contributed by atoms with E-state index in [9.17, 15) is 9.59 Å². The lowest BCUT2D eigenvalue weighted by Gasteiger charge is -2.14. The number of nitrogens with zero attached hydrogens (tertiary/aromatic N) is 1. The highest BCUT2D eigenvalue weighted by atomic mass is 16.5. The molecule has 2 heterocycles. The van der Waals surface area contributed by atoms with Crippen LogP contribution in [0, 0.1) is 6.92 Å². The van der Waals surface area contributed by atoms with E-state index >= 15 is 0 Å². The first-order valence-corrected chi connectivity index (χ1v) is 11.5. The summed E-state index contributed by atoms with van der Waals surface area (Å²) in [4.78, 5) is 29.6. The minimum Gasteiger partial charge on any atom is -0.493 e. The molecule has 0 spiro atoms. The SMILES string of the molecule is Cc1cccc(C(=O)NCc2ccc(-c3ccc4c(c3)CCO4)cc2)c1NC(=O)c1ccncc1. The number of anilines is 1. The van der Waals surface area contributed by atoms with Crippen LogP contribution in [0.4, 0.5) is 5.69 Å². The number of pyridine rings is 1. The van der Waals surface area contributed by atoms with Crippen LogP contribution in [0.15, 0.2) is 85.2 Å². The molecule has 4 aromatic rings. The second-order valence-electron chi connectivity index (χ2n) is 8.49. The maximum absolute atomic E-state index is 13.0. The molecule has 0 saturated heterocycles. The average Bonchev–Trinajstić information content (AvgIpc) is 3.37. The van der Waals surface area contributed by atoms with Gasteiger partial charge in [-0.15, -0.1) is 0 Å². The molecule has 2 amide bonds. The van der Waals surface area contributed by atoms with Gasteiger partial charge in [-0.3, -0.25) is 14.6 Å². The van der Waals surface area contributed by atoms with E-state index in [4.69, 9.17) is 4.74 Å². The van der Waals surface area contributed by atoms with Gasteiger partial charge in [0.05, 0.1) is 17.9 Å². The topological polar surface area (TPSA) is 80.3 Å². The first-order valence-electron chi connectivity index (χ1n) is 11.5. The van der Waals surface area contributed by atoms with Crippen molar-refractivity contribution in [3.63, 3.8) is 0 Å². The summed E-state index contributed by atoms with van der Waals surface area (Å²) in [5.41, 5.74) is 6.71. The highest BCUT2D eigenvalue weighted by Gasteiger charge is 2.17. The van der Waals surface area contributed by atoms with Crippen LogP contribution in [0.3, 0.4) is 0 Å². The molecule has 1 aliphatic rings. The fraction of sp³-hybridized carbons (Fsp3) is 0.138. The Morgan fingerprint density at radius 3 is 2.49 bits per heavy atom. The van der Waals surface area contributed by atoms with Gasteiger partial charge in [0.1, 0.15) is 5.75 Å². The molecule has 6 heteroatoms. The zero-order valence-corrected chi connectivity index (χ0v) is 19.4. The van der Waals surface area contributed by atoms with Crippen LogP contribution in [0.5, 0.6) is 5.75 Å². The molecule has 0 bridgehead atoms. The summed E-state index contributed by atoms with van der Waals surface area (Å²) in [6.07, 6.45) is 4.06. The third-order valence-electron chi connectivity index (χ3n) is 6.13. The minimum absolute atomic E-state index is 0.249. The quantitative estimate of drug-likeness (QED) is 0.413. The lowest BCUT2D eigenvalue weighted by Crippen LogP contribution is -2.25. The molecule has 0 aliphatic carbocycles. The van der Waals surface area contributed by atoms with Crippen molar-refractivity contribution >= 4 is 17.5 Å². The van der Waals surface area contributed by atoms with E-state index < -0.39 is 0 Å². The molecule has 1 aromatic heterocycles. The predicted octanol–water partition coefficient (Wildman–Crippen LogP) is 5.17. The largest absolute Gasteiger partial charge is 0.493 e. The molecule has 6 nitrogen and oxygen atoms in total. The van der Waals surface area contributed by atoms with Crippen LogP contribution in [0.1, 0.15) is 37.4 Å². The summed E-state index contributed by atoms with van der Waals surface area (Å²) >= 11 is 0. The zero-order chi connectivity index (χ0) is 24.2. The van der Waals surface area contributed by atoms with E-state index in [1.807, 2.05) is 37.3 Å². The number of aryl methyl sites for hydroxylation is 1. The maximum atomic E-state index is 13.0. The number of carbonyl (C=O) groups excluding carboxylic acids is 2. The van der Waals surface area contributed by atoms with Crippen molar-refractivity contribution < 1.29 is 14.3 Å². The van der Waals surface area contributed by atoms with Crippen molar-refractivity contribution in [1.29, 1.82) is 0 Å². The molecule has 0 fully saturated rings. The molecule has 174 valence electrons. The lowest BCUT2D eigenvalue weighted by molar-refractivity contribution is 0.0951. The van der Waals surface area contributed by atoms with Gasteiger partial charge in [0.2, 0.25) is 0 Å².